The van der Waals surface area contributed by atoms with E-state index in [2.05, 4.69) is 18.2 Å². The van der Waals surface area contributed by atoms with Crippen LogP contribution in [0, 0.1) is 20.8 Å². The Balaban J connectivity index is 1.52. The summed E-state index contributed by atoms with van der Waals surface area (Å²) in [6.45, 7) is 5.99. The molecule has 4 aromatic carbocycles. The lowest BCUT2D eigenvalue weighted by atomic mass is 9.95. The molecule has 0 amide bonds. The van der Waals surface area contributed by atoms with Gasteiger partial charge in [-0.05, 0) is 91.9 Å². The molecule has 4 heteroatoms. The molecule has 0 spiro atoms. The molecule has 0 aliphatic carbocycles. The maximum atomic E-state index is 13.7. The van der Waals surface area contributed by atoms with Crippen molar-refractivity contribution in [1.82, 2.24) is 4.98 Å². The van der Waals surface area contributed by atoms with Crippen molar-refractivity contribution in [3.8, 4) is 22.8 Å². The molecule has 0 N–H and O–H groups in total. The number of hydrogen-bond donors (Lipinski definition) is 0. The van der Waals surface area contributed by atoms with Crippen LogP contribution in [0.15, 0.2) is 91.0 Å². The number of carbonyl (C=O) groups excluding carboxylic acids is 1. The second-order valence-electron chi connectivity index (χ2n) is 9.36. The van der Waals surface area contributed by atoms with Crippen molar-refractivity contribution in [2.75, 3.05) is 7.11 Å². The highest BCUT2D eigenvalue weighted by Gasteiger charge is 2.22. The van der Waals surface area contributed by atoms with E-state index in [-0.39, 0.29) is 5.97 Å². The number of rotatable bonds is 6. The number of esters is 1. The Labute approximate surface area is 217 Å². The Hall–Kier alpha value is -4.44. The van der Waals surface area contributed by atoms with Gasteiger partial charge in [0.15, 0.2) is 0 Å². The predicted molar refractivity (Wildman–Crippen MR) is 149 cm³/mol. The summed E-state index contributed by atoms with van der Waals surface area (Å²) in [4.78, 5) is 18.7. The third kappa shape index (κ3) is 5.10. The van der Waals surface area contributed by atoms with Crippen LogP contribution in [0.2, 0.25) is 0 Å². The third-order valence-electron chi connectivity index (χ3n) is 6.62. The lowest BCUT2D eigenvalue weighted by molar-refractivity contribution is 0.0736. The summed E-state index contributed by atoms with van der Waals surface area (Å²) in [6.07, 6.45) is 0.826. The van der Waals surface area contributed by atoms with Gasteiger partial charge < -0.3 is 9.47 Å². The first kappa shape index (κ1) is 24.3. The number of pyridine rings is 1. The number of fused-ring (bicyclic) bond motifs is 1. The standard InChI is InChI=1S/C33H29NO3/c1-21-18-22(2)31-29(19-21)30(23(3)32(34-31)26-12-16-27(36-4)17-13-26)33(35)37-28-14-10-25(11-15-28)20-24-8-6-5-7-9-24/h5-19H,20H2,1-4H3. The summed E-state index contributed by atoms with van der Waals surface area (Å²) in [5, 5.41) is 0.804. The van der Waals surface area contributed by atoms with Crippen molar-refractivity contribution in [2.24, 2.45) is 0 Å². The van der Waals surface area contributed by atoms with E-state index in [4.69, 9.17) is 14.5 Å². The molecule has 5 rings (SSSR count). The zero-order chi connectivity index (χ0) is 25.9. The monoisotopic (exact) mass is 487 g/mol. The van der Waals surface area contributed by atoms with Crippen LogP contribution in [0.3, 0.4) is 0 Å². The number of hydrogen-bond acceptors (Lipinski definition) is 4. The molecule has 37 heavy (non-hydrogen) atoms. The first-order valence-corrected chi connectivity index (χ1v) is 12.3. The van der Waals surface area contributed by atoms with Gasteiger partial charge in [-0.2, -0.15) is 0 Å². The summed E-state index contributed by atoms with van der Waals surface area (Å²) in [6, 6.07) is 29.9. The van der Waals surface area contributed by atoms with E-state index in [9.17, 15) is 4.79 Å². The van der Waals surface area contributed by atoms with Crippen LogP contribution in [-0.4, -0.2) is 18.1 Å². The molecular formula is C33H29NO3. The van der Waals surface area contributed by atoms with Crippen molar-refractivity contribution < 1.29 is 14.3 Å². The van der Waals surface area contributed by atoms with Crippen LogP contribution in [0.25, 0.3) is 22.2 Å². The second kappa shape index (κ2) is 10.3. The minimum atomic E-state index is -0.388. The van der Waals surface area contributed by atoms with Gasteiger partial charge in [0.05, 0.1) is 23.9 Å². The van der Waals surface area contributed by atoms with Crippen molar-refractivity contribution in [3.05, 3.63) is 124 Å². The summed E-state index contributed by atoms with van der Waals surface area (Å²) < 4.78 is 11.2. The summed E-state index contributed by atoms with van der Waals surface area (Å²) >= 11 is 0. The average molecular weight is 488 g/mol. The highest BCUT2D eigenvalue weighted by Crippen LogP contribution is 2.33. The molecule has 0 saturated carbocycles. The number of ether oxygens (including phenoxy) is 2. The van der Waals surface area contributed by atoms with E-state index in [1.165, 1.54) is 5.56 Å². The molecule has 0 radical (unpaired) electrons. The van der Waals surface area contributed by atoms with Gasteiger partial charge in [-0.25, -0.2) is 9.78 Å². The minimum absolute atomic E-state index is 0.388. The summed E-state index contributed by atoms with van der Waals surface area (Å²) in [7, 11) is 1.64. The maximum absolute atomic E-state index is 13.7. The van der Waals surface area contributed by atoms with Crippen LogP contribution in [0.4, 0.5) is 0 Å². The Kier molecular flexibility index (Phi) is 6.74. The van der Waals surface area contributed by atoms with Crippen molar-refractivity contribution >= 4 is 16.9 Å². The third-order valence-corrected chi connectivity index (χ3v) is 6.62. The number of carbonyl (C=O) groups is 1. The Morgan fingerprint density at radius 1 is 0.784 bits per heavy atom. The quantitative estimate of drug-likeness (QED) is 0.182. The molecule has 184 valence electrons. The molecule has 0 bridgehead atoms. The molecule has 0 aliphatic heterocycles. The topological polar surface area (TPSA) is 48.4 Å². The lowest BCUT2D eigenvalue weighted by Gasteiger charge is -2.16. The van der Waals surface area contributed by atoms with Crippen LogP contribution >= 0.6 is 0 Å². The molecule has 1 heterocycles. The number of nitrogens with zero attached hydrogens (tertiary/aromatic N) is 1. The molecule has 0 fully saturated rings. The van der Waals surface area contributed by atoms with Crippen LogP contribution in [0.5, 0.6) is 11.5 Å². The van der Waals surface area contributed by atoms with E-state index in [0.29, 0.717) is 11.3 Å². The number of aryl methyl sites for hydroxylation is 2. The normalized spacial score (nSPS) is 10.9. The number of aromatic nitrogens is 1. The zero-order valence-electron chi connectivity index (χ0n) is 21.5. The highest BCUT2D eigenvalue weighted by molar-refractivity contribution is 6.08. The Bertz CT molecular complexity index is 1570. The second-order valence-corrected chi connectivity index (χ2v) is 9.36. The van der Waals surface area contributed by atoms with Gasteiger partial charge in [0, 0.05) is 10.9 Å². The molecule has 0 aliphatic rings. The Morgan fingerprint density at radius 2 is 1.43 bits per heavy atom. The van der Waals surface area contributed by atoms with Crippen molar-refractivity contribution in [1.29, 1.82) is 0 Å². The maximum Gasteiger partial charge on any atom is 0.344 e. The highest BCUT2D eigenvalue weighted by atomic mass is 16.5. The van der Waals surface area contributed by atoms with Gasteiger partial charge in [0.25, 0.3) is 0 Å². The van der Waals surface area contributed by atoms with E-state index in [1.807, 2.05) is 93.6 Å². The lowest BCUT2D eigenvalue weighted by Crippen LogP contribution is -2.13. The van der Waals surface area contributed by atoms with Crippen LogP contribution in [0.1, 0.15) is 38.2 Å². The van der Waals surface area contributed by atoms with Crippen molar-refractivity contribution in [2.45, 2.75) is 27.2 Å². The fourth-order valence-corrected chi connectivity index (χ4v) is 4.77. The van der Waals surface area contributed by atoms with E-state index >= 15 is 0 Å². The SMILES string of the molecule is COc1ccc(-c2nc3c(C)cc(C)cc3c(C(=O)Oc3ccc(Cc4ccccc4)cc3)c2C)cc1. The number of benzene rings is 4. The Morgan fingerprint density at radius 3 is 2.11 bits per heavy atom. The fraction of sp³-hybridized carbons (Fsp3) is 0.152. The summed E-state index contributed by atoms with van der Waals surface area (Å²) in [5.74, 6) is 0.895. The first-order valence-electron chi connectivity index (χ1n) is 12.3. The van der Waals surface area contributed by atoms with E-state index < -0.39 is 0 Å². The predicted octanol–water partition coefficient (Wildman–Crippen LogP) is 7.65. The zero-order valence-corrected chi connectivity index (χ0v) is 21.5. The van der Waals surface area contributed by atoms with E-state index in [0.717, 1.165) is 56.6 Å². The van der Waals surface area contributed by atoms with Gasteiger partial charge in [-0.3, -0.25) is 0 Å². The van der Waals surface area contributed by atoms with Crippen molar-refractivity contribution in [3.63, 3.8) is 0 Å². The molecule has 0 atom stereocenters. The van der Waals surface area contributed by atoms with Crippen LogP contribution < -0.4 is 9.47 Å². The van der Waals surface area contributed by atoms with Gasteiger partial charge in [0.1, 0.15) is 11.5 Å². The largest absolute Gasteiger partial charge is 0.497 e. The van der Waals surface area contributed by atoms with Gasteiger partial charge in [-0.1, -0.05) is 54.1 Å². The first-order chi connectivity index (χ1) is 17.9. The molecule has 5 aromatic rings. The van der Waals surface area contributed by atoms with Crippen LogP contribution in [-0.2, 0) is 6.42 Å². The summed E-state index contributed by atoms with van der Waals surface area (Å²) in [5.41, 5.74) is 8.28. The van der Waals surface area contributed by atoms with Gasteiger partial charge in [0.2, 0.25) is 0 Å². The molecule has 0 unspecified atom stereocenters. The smallest absolute Gasteiger partial charge is 0.344 e. The average Bonchev–Trinajstić information content (AvgIpc) is 2.90. The molecule has 1 aromatic heterocycles. The molecular weight excluding hydrogens is 458 g/mol. The minimum Gasteiger partial charge on any atom is -0.497 e. The van der Waals surface area contributed by atoms with E-state index in [1.54, 1.807) is 7.11 Å². The molecule has 4 nitrogen and oxygen atoms in total. The molecule has 0 saturated heterocycles. The number of methoxy groups -OCH3 is 1. The van der Waals surface area contributed by atoms with Gasteiger partial charge >= 0.3 is 5.97 Å². The van der Waals surface area contributed by atoms with Gasteiger partial charge in [-0.15, -0.1) is 0 Å². The fourth-order valence-electron chi connectivity index (χ4n) is 4.77.